The van der Waals surface area contributed by atoms with E-state index in [4.69, 9.17) is 4.74 Å². The van der Waals surface area contributed by atoms with Gasteiger partial charge in [0.2, 0.25) is 0 Å². The maximum Gasteiger partial charge on any atom is 0.151 e. The second-order valence-corrected chi connectivity index (χ2v) is 3.48. The predicted molar refractivity (Wildman–Crippen MR) is 67.5 cm³/mol. The van der Waals surface area contributed by atoms with Gasteiger partial charge in [0, 0.05) is 0 Å². The van der Waals surface area contributed by atoms with Crippen LogP contribution in [0, 0.1) is 0 Å². The molecule has 1 aromatic rings. The molecule has 0 aliphatic heterocycles. The van der Waals surface area contributed by atoms with Crippen LogP contribution < -0.4 is 0 Å². The molecule has 1 aromatic carbocycles. The molecule has 1 N–H and O–H groups in total. The number of rotatable bonds is 7. The number of hydrogen-bond acceptors (Lipinski definition) is 3. The second-order valence-electron chi connectivity index (χ2n) is 3.48. The number of carbonyl (C=O) groups is 1. The highest BCUT2D eigenvalue weighted by molar-refractivity contribution is 5.59. The van der Waals surface area contributed by atoms with Crippen LogP contribution in [0.15, 0.2) is 49.1 Å². The first-order valence-electron chi connectivity index (χ1n) is 5.37. The number of carbonyl (C=O) groups excluding carboxylic acids is 1. The van der Waals surface area contributed by atoms with Gasteiger partial charge < -0.3 is 14.6 Å². The highest BCUT2D eigenvalue weighted by Crippen LogP contribution is 2.05. The zero-order valence-electron chi connectivity index (χ0n) is 9.53. The molecule has 90 valence electrons. The van der Waals surface area contributed by atoms with Crippen LogP contribution in [0.25, 0.3) is 6.08 Å². The summed E-state index contributed by atoms with van der Waals surface area (Å²) in [4.78, 5) is 10.7. The summed E-state index contributed by atoms with van der Waals surface area (Å²) in [6.45, 7) is 3.72. The summed E-state index contributed by atoms with van der Waals surface area (Å²) in [5, 5.41) is 9.72. The Morgan fingerprint density at radius 1 is 1.35 bits per heavy atom. The minimum absolute atomic E-state index is 0.236. The number of benzene rings is 1. The molecule has 0 saturated heterocycles. The number of hydrogen-bond donors (Lipinski definition) is 1. The molecule has 0 heterocycles. The Hall–Kier alpha value is -1.71. The van der Waals surface area contributed by atoms with Gasteiger partial charge in [-0.1, -0.05) is 48.6 Å². The predicted octanol–water partition coefficient (Wildman–Crippen LogP) is 1.83. The van der Waals surface area contributed by atoms with Gasteiger partial charge in [-0.3, -0.25) is 0 Å². The first kappa shape index (κ1) is 13.4. The maximum absolute atomic E-state index is 10.7. The molecule has 0 radical (unpaired) electrons. The van der Waals surface area contributed by atoms with E-state index in [0.717, 1.165) is 5.56 Å². The van der Waals surface area contributed by atoms with Crippen molar-refractivity contribution in [3.8, 4) is 0 Å². The van der Waals surface area contributed by atoms with E-state index >= 15 is 0 Å². The third-order valence-corrected chi connectivity index (χ3v) is 2.16. The minimum Gasteiger partial charge on any atom is -0.386 e. The summed E-state index contributed by atoms with van der Waals surface area (Å²) in [5.41, 5.74) is 0.958. The van der Waals surface area contributed by atoms with E-state index in [2.05, 4.69) is 6.58 Å². The van der Waals surface area contributed by atoms with Gasteiger partial charge in [0.15, 0.2) is 6.29 Å². The molecular formula is C14H16O3. The Balaban J connectivity index is 2.57. The zero-order valence-corrected chi connectivity index (χ0v) is 9.53. The molecule has 3 heteroatoms. The highest BCUT2D eigenvalue weighted by Gasteiger charge is 2.15. The number of aliphatic hydroxyl groups excluding tert-OH is 1. The van der Waals surface area contributed by atoms with Crippen LogP contribution in [0.2, 0.25) is 0 Å². The van der Waals surface area contributed by atoms with Gasteiger partial charge in [-0.25, -0.2) is 0 Å². The van der Waals surface area contributed by atoms with Gasteiger partial charge in [-0.15, -0.1) is 6.58 Å². The summed E-state index contributed by atoms with van der Waals surface area (Å²) in [6.07, 6.45) is 3.60. The van der Waals surface area contributed by atoms with Crippen LogP contribution in [0.3, 0.4) is 0 Å². The molecule has 0 amide bonds. The van der Waals surface area contributed by atoms with Crippen molar-refractivity contribution in [3.05, 3.63) is 54.6 Å². The summed E-state index contributed by atoms with van der Waals surface area (Å²) in [6, 6.07) is 9.53. The molecule has 2 atom stereocenters. The normalized spacial score (nSPS) is 14.4. The highest BCUT2D eigenvalue weighted by atomic mass is 16.5. The van der Waals surface area contributed by atoms with E-state index in [1.807, 2.05) is 30.3 Å². The van der Waals surface area contributed by atoms with Gasteiger partial charge in [-0.2, -0.15) is 0 Å². The number of ether oxygens (including phenoxy) is 1. The van der Waals surface area contributed by atoms with Crippen molar-refractivity contribution in [2.45, 2.75) is 12.2 Å². The Morgan fingerprint density at radius 2 is 2.06 bits per heavy atom. The fourth-order valence-electron chi connectivity index (χ4n) is 1.28. The molecule has 0 spiro atoms. The van der Waals surface area contributed by atoms with Crippen LogP contribution in [0.5, 0.6) is 0 Å². The van der Waals surface area contributed by atoms with E-state index < -0.39 is 12.2 Å². The Bertz CT molecular complexity index is 370. The third kappa shape index (κ3) is 4.76. The molecule has 0 aliphatic carbocycles. The SMILES string of the molecule is C=CCO[C@@H](C=O)[C@H](O)/C=C/c1ccccc1. The molecule has 0 unspecified atom stereocenters. The van der Waals surface area contributed by atoms with Crippen molar-refractivity contribution in [1.82, 2.24) is 0 Å². The molecule has 17 heavy (non-hydrogen) atoms. The standard InChI is InChI=1S/C14H16O3/c1-2-10-17-14(11-15)13(16)9-8-12-6-4-3-5-7-12/h2-9,11,13-14,16H,1,10H2/b9-8+/t13-,14+/m1/s1. The van der Waals surface area contributed by atoms with Crippen molar-refractivity contribution >= 4 is 12.4 Å². The van der Waals surface area contributed by atoms with Gasteiger partial charge in [0.1, 0.15) is 12.2 Å². The van der Waals surface area contributed by atoms with Crippen LogP contribution in [0.4, 0.5) is 0 Å². The lowest BCUT2D eigenvalue weighted by molar-refractivity contribution is -0.122. The van der Waals surface area contributed by atoms with Crippen molar-refractivity contribution in [1.29, 1.82) is 0 Å². The Labute approximate surface area is 101 Å². The molecule has 3 nitrogen and oxygen atoms in total. The van der Waals surface area contributed by atoms with Crippen molar-refractivity contribution in [2.24, 2.45) is 0 Å². The molecule has 0 fully saturated rings. The second kappa shape index (κ2) is 7.54. The third-order valence-electron chi connectivity index (χ3n) is 2.16. The smallest absolute Gasteiger partial charge is 0.151 e. The number of aldehydes is 1. The summed E-state index contributed by atoms with van der Waals surface area (Å²) < 4.78 is 5.10. The lowest BCUT2D eigenvalue weighted by Crippen LogP contribution is -2.28. The van der Waals surface area contributed by atoms with E-state index in [0.29, 0.717) is 6.29 Å². The first-order chi connectivity index (χ1) is 8.27. The summed E-state index contributed by atoms with van der Waals surface area (Å²) in [5.74, 6) is 0. The van der Waals surface area contributed by atoms with Crippen molar-refractivity contribution < 1.29 is 14.6 Å². The van der Waals surface area contributed by atoms with E-state index in [1.54, 1.807) is 6.08 Å². The zero-order chi connectivity index (χ0) is 12.5. The van der Waals surface area contributed by atoms with Gasteiger partial charge in [0.25, 0.3) is 0 Å². The van der Waals surface area contributed by atoms with E-state index in [-0.39, 0.29) is 6.61 Å². The summed E-state index contributed by atoms with van der Waals surface area (Å²) in [7, 11) is 0. The molecule has 0 bridgehead atoms. The van der Waals surface area contributed by atoms with Gasteiger partial charge in [-0.05, 0) is 5.56 Å². The topological polar surface area (TPSA) is 46.5 Å². The minimum atomic E-state index is -0.951. The molecule has 0 saturated carbocycles. The molecule has 0 aliphatic rings. The van der Waals surface area contributed by atoms with Gasteiger partial charge in [0.05, 0.1) is 6.61 Å². The quantitative estimate of drug-likeness (QED) is 0.576. The Morgan fingerprint density at radius 3 is 2.65 bits per heavy atom. The van der Waals surface area contributed by atoms with Gasteiger partial charge >= 0.3 is 0 Å². The molecule has 0 aromatic heterocycles. The Kier molecular flexibility index (Phi) is 5.93. The summed E-state index contributed by atoms with van der Waals surface area (Å²) >= 11 is 0. The fraction of sp³-hybridized carbons (Fsp3) is 0.214. The van der Waals surface area contributed by atoms with Crippen LogP contribution >= 0.6 is 0 Å². The fourth-order valence-corrected chi connectivity index (χ4v) is 1.28. The molecule has 1 rings (SSSR count). The lowest BCUT2D eigenvalue weighted by Gasteiger charge is -2.13. The van der Waals surface area contributed by atoms with E-state index in [1.165, 1.54) is 12.2 Å². The van der Waals surface area contributed by atoms with Crippen LogP contribution in [0.1, 0.15) is 5.56 Å². The average Bonchev–Trinajstić information content (AvgIpc) is 2.38. The van der Waals surface area contributed by atoms with Crippen LogP contribution in [-0.4, -0.2) is 30.2 Å². The number of aliphatic hydroxyl groups is 1. The first-order valence-corrected chi connectivity index (χ1v) is 5.37. The monoisotopic (exact) mass is 232 g/mol. The average molecular weight is 232 g/mol. The van der Waals surface area contributed by atoms with Crippen molar-refractivity contribution in [3.63, 3.8) is 0 Å². The largest absolute Gasteiger partial charge is 0.386 e. The maximum atomic E-state index is 10.7. The van der Waals surface area contributed by atoms with E-state index in [9.17, 15) is 9.90 Å². The van der Waals surface area contributed by atoms with Crippen molar-refractivity contribution in [2.75, 3.05) is 6.61 Å². The van der Waals surface area contributed by atoms with Crippen LogP contribution in [-0.2, 0) is 9.53 Å². The lowest BCUT2D eigenvalue weighted by atomic mass is 10.1. The molecular weight excluding hydrogens is 216 g/mol.